The second-order valence-corrected chi connectivity index (χ2v) is 6.83. The van der Waals surface area contributed by atoms with Crippen molar-refractivity contribution in [1.82, 2.24) is 9.78 Å². The lowest BCUT2D eigenvalue weighted by Gasteiger charge is -2.08. The number of nitrogens with one attached hydrogen (secondary N) is 2. The third-order valence-electron chi connectivity index (χ3n) is 4.49. The minimum Gasteiger partial charge on any atom is -0.326 e. The zero-order valence-corrected chi connectivity index (χ0v) is 15.6. The Morgan fingerprint density at radius 3 is 2.71 bits per heavy atom. The highest BCUT2D eigenvalue weighted by Gasteiger charge is 2.20. The molecule has 0 radical (unpaired) electrons. The van der Waals surface area contributed by atoms with Gasteiger partial charge in [-0.2, -0.15) is 5.10 Å². The van der Waals surface area contributed by atoms with Gasteiger partial charge >= 0.3 is 0 Å². The lowest BCUT2D eigenvalue weighted by Crippen LogP contribution is -2.17. The summed E-state index contributed by atoms with van der Waals surface area (Å²) in [5.74, 6) is -0.716. The molecule has 140 valence electrons. The molecule has 2 heterocycles. The summed E-state index contributed by atoms with van der Waals surface area (Å²) >= 11 is 6.00. The van der Waals surface area contributed by atoms with Crippen molar-refractivity contribution in [3.05, 3.63) is 76.1 Å². The van der Waals surface area contributed by atoms with Crippen molar-refractivity contribution in [3.63, 3.8) is 0 Å². The molecule has 4 rings (SSSR count). The predicted octanol–water partition coefficient (Wildman–Crippen LogP) is 3.05. The van der Waals surface area contributed by atoms with E-state index in [0.717, 1.165) is 5.56 Å². The van der Waals surface area contributed by atoms with E-state index in [1.807, 2.05) is 0 Å². The summed E-state index contributed by atoms with van der Waals surface area (Å²) in [6.45, 7) is 0. The number of halogens is 1. The quantitative estimate of drug-likeness (QED) is 0.665. The van der Waals surface area contributed by atoms with Crippen molar-refractivity contribution < 1.29 is 14.4 Å². The van der Waals surface area contributed by atoms with Gasteiger partial charge in [-0.15, -0.1) is 0 Å². The number of aromatic nitrogens is 2. The highest BCUT2D eigenvalue weighted by molar-refractivity contribution is 6.34. The van der Waals surface area contributed by atoms with Crippen molar-refractivity contribution in [2.24, 2.45) is 7.05 Å². The molecule has 0 aliphatic carbocycles. The average molecular weight is 395 g/mol. The first-order valence-corrected chi connectivity index (χ1v) is 8.86. The first-order chi connectivity index (χ1) is 13.4. The first-order valence-electron chi connectivity index (χ1n) is 8.49. The molecule has 3 aromatic rings. The lowest BCUT2D eigenvalue weighted by molar-refractivity contribution is -0.115. The van der Waals surface area contributed by atoms with E-state index in [1.165, 1.54) is 10.9 Å². The van der Waals surface area contributed by atoms with Crippen molar-refractivity contribution >= 4 is 40.6 Å². The maximum absolute atomic E-state index is 12.8. The second kappa shape index (κ2) is 6.94. The Labute approximate surface area is 165 Å². The molecule has 1 aromatic heterocycles. The molecular weight excluding hydrogens is 380 g/mol. The van der Waals surface area contributed by atoms with E-state index in [4.69, 9.17) is 11.6 Å². The Morgan fingerprint density at radius 2 is 1.96 bits per heavy atom. The van der Waals surface area contributed by atoms with Gasteiger partial charge in [0.25, 0.3) is 5.91 Å². The van der Waals surface area contributed by atoms with Gasteiger partial charge in [0.2, 0.25) is 5.91 Å². The highest BCUT2D eigenvalue weighted by Crippen LogP contribution is 2.26. The van der Waals surface area contributed by atoms with Gasteiger partial charge < -0.3 is 10.6 Å². The van der Waals surface area contributed by atoms with Crippen LogP contribution in [0.2, 0.25) is 5.02 Å². The van der Waals surface area contributed by atoms with Crippen molar-refractivity contribution in [2.75, 3.05) is 10.6 Å². The normalized spacial score (nSPS) is 12.4. The highest BCUT2D eigenvalue weighted by atomic mass is 35.5. The number of fused-ring (bicyclic) bond motifs is 1. The van der Waals surface area contributed by atoms with Crippen LogP contribution in [0.3, 0.4) is 0 Å². The molecule has 0 saturated carbocycles. The average Bonchev–Trinajstić information content (AvgIpc) is 3.21. The summed E-state index contributed by atoms with van der Waals surface area (Å²) in [5, 5.41) is 9.65. The molecule has 8 heteroatoms. The molecule has 2 aromatic carbocycles. The predicted molar refractivity (Wildman–Crippen MR) is 105 cm³/mol. The zero-order valence-electron chi connectivity index (χ0n) is 14.8. The van der Waals surface area contributed by atoms with Crippen molar-refractivity contribution in [1.29, 1.82) is 0 Å². The number of hydrogen-bond donors (Lipinski definition) is 2. The van der Waals surface area contributed by atoms with E-state index in [1.54, 1.807) is 49.5 Å². The number of hydrogen-bond acceptors (Lipinski definition) is 4. The van der Waals surface area contributed by atoms with E-state index < -0.39 is 5.91 Å². The number of carbonyl (C=O) groups excluding carboxylic acids is 3. The van der Waals surface area contributed by atoms with Gasteiger partial charge in [0.05, 0.1) is 17.6 Å². The molecule has 0 spiro atoms. The van der Waals surface area contributed by atoms with Gasteiger partial charge in [0.1, 0.15) is 5.69 Å². The van der Waals surface area contributed by atoms with E-state index in [-0.39, 0.29) is 22.4 Å². The Kier molecular flexibility index (Phi) is 4.44. The number of nitrogens with zero attached hydrogens (tertiary/aromatic N) is 2. The molecule has 0 bridgehead atoms. The third kappa shape index (κ3) is 3.27. The van der Waals surface area contributed by atoms with Crippen LogP contribution in [0.4, 0.5) is 11.4 Å². The number of benzene rings is 2. The summed E-state index contributed by atoms with van der Waals surface area (Å²) in [4.78, 5) is 36.8. The maximum Gasteiger partial charge on any atom is 0.275 e. The lowest BCUT2D eigenvalue weighted by atomic mass is 10.0. The fourth-order valence-electron chi connectivity index (χ4n) is 3.12. The SMILES string of the molecule is Cn1ncc(Cl)c1C(=O)Nc1cccc(C(=O)c2ccc3c(c2)NC(=O)C3)c1. The molecular formula is C20H15ClN4O3. The van der Waals surface area contributed by atoms with E-state index in [2.05, 4.69) is 15.7 Å². The smallest absolute Gasteiger partial charge is 0.275 e. The van der Waals surface area contributed by atoms with Crippen LogP contribution in [0.1, 0.15) is 32.0 Å². The monoisotopic (exact) mass is 394 g/mol. The zero-order chi connectivity index (χ0) is 19.8. The van der Waals surface area contributed by atoms with Crippen LogP contribution in [0.15, 0.2) is 48.7 Å². The largest absolute Gasteiger partial charge is 0.326 e. The fraction of sp³-hybridized carbons (Fsp3) is 0.100. The van der Waals surface area contributed by atoms with Crippen LogP contribution in [0.5, 0.6) is 0 Å². The van der Waals surface area contributed by atoms with Gasteiger partial charge in [-0.3, -0.25) is 19.1 Å². The molecule has 2 N–H and O–H groups in total. The summed E-state index contributed by atoms with van der Waals surface area (Å²) < 4.78 is 1.38. The number of aryl methyl sites for hydroxylation is 1. The first kappa shape index (κ1) is 17.9. The molecule has 1 aliphatic heterocycles. The van der Waals surface area contributed by atoms with Gasteiger partial charge in [0.15, 0.2) is 5.78 Å². The van der Waals surface area contributed by atoms with Gasteiger partial charge in [-0.25, -0.2) is 0 Å². The second-order valence-electron chi connectivity index (χ2n) is 6.43. The molecule has 0 fully saturated rings. The van der Waals surface area contributed by atoms with Gasteiger partial charge in [-0.1, -0.05) is 35.9 Å². The maximum atomic E-state index is 12.8. The van der Waals surface area contributed by atoms with Gasteiger partial charge in [-0.05, 0) is 23.8 Å². The molecule has 0 atom stereocenters. The van der Waals surface area contributed by atoms with Crippen LogP contribution in [-0.4, -0.2) is 27.4 Å². The van der Waals surface area contributed by atoms with Crippen LogP contribution >= 0.6 is 11.6 Å². The number of amides is 2. The van der Waals surface area contributed by atoms with Crippen LogP contribution < -0.4 is 10.6 Å². The van der Waals surface area contributed by atoms with Gasteiger partial charge in [0, 0.05) is 29.5 Å². The molecule has 28 heavy (non-hydrogen) atoms. The Balaban J connectivity index is 1.57. The van der Waals surface area contributed by atoms with Crippen LogP contribution in [0.25, 0.3) is 0 Å². The van der Waals surface area contributed by atoms with Crippen LogP contribution in [-0.2, 0) is 18.3 Å². The van der Waals surface area contributed by atoms with E-state index in [0.29, 0.717) is 28.9 Å². The Morgan fingerprint density at radius 1 is 1.18 bits per heavy atom. The van der Waals surface area contributed by atoms with E-state index in [9.17, 15) is 14.4 Å². The number of anilines is 2. The van der Waals surface area contributed by atoms with Crippen LogP contribution in [0, 0.1) is 0 Å². The van der Waals surface area contributed by atoms with E-state index >= 15 is 0 Å². The number of ketones is 1. The minimum atomic E-state index is -0.421. The summed E-state index contributed by atoms with van der Waals surface area (Å²) in [7, 11) is 1.62. The number of carbonyl (C=O) groups is 3. The third-order valence-corrected chi connectivity index (χ3v) is 4.77. The molecule has 2 amide bonds. The number of rotatable bonds is 4. The standard InChI is InChI=1S/C20H15ClN4O3/c1-25-18(15(21)10-22-25)20(28)23-14-4-2-3-12(7-14)19(27)13-6-5-11-9-17(26)24-16(11)8-13/h2-8,10H,9H2,1H3,(H,23,28)(H,24,26). The van der Waals surface area contributed by atoms with Crippen molar-refractivity contribution in [3.8, 4) is 0 Å². The molecule has 1 aliphatic rings. The topological polar surface area (TPSA) is 93.1 Å². The Hall–Kier alpha value is -3.45. The van der Waals surface area contributed by atoms with Crippen molar-refractivity contribution in [2.45, 2.75) is 6.42 Å². The fourth-order valence-corrected chi connectivity index (χ4v) is 3.37. The summed E-state index contributed by atoms with van der Waals surface area (Å²) in [6.07, 6.45) is 1.71. The minimum absolute atomic E-state index is 0.0851. The summed E-state index contributed by atoms with van der Waals surface area (Å²) in [5.41, 5.74) is 3.09. The summed E-state index contributed by atoms with van der Waals surface area (Å²) in [6, 6.07) is 11.8. The molecule has 0 saturated heterocycles. The Bertz CT molecular complexity index is 1120. The molecule has 0 unspecified atom stereocenters. The molecule has 7 nitrogen and oxygen atoms in total.